The third kappa shape index (κ3) is 2.68. The highest BCUT2D eigenvalue weighted by Crippen LogP contribution is 2.40. The Morgan fingerprint density at radius 2 is 1.94 bits per heavy atom. The normalized spacial score (nSPS) is 28.6. The van der Waals surface area contributed by atoms with Crippen molar-refractivity contribution in [2.24, 2.45) is 5.92 Å². The Morgan fingerprint density at radius 3 is 2.53 bits per heavy atom. The van der Waals surface area contributed by atoms with Crippen molar-refractivity contribution in [3.8, 4) is 0 Å². The van der Waals surface area contributed by atoms with Gasteiger partial charge in [0.2, 0.25) is 6.41 Å². The number of nitrogens with one attached hydrogen (secondary N) is 1. The standard InChI is InChI=1S/C15H21NO/c1-13-7-9-15(10-8-13,11-16-12-17)14-5-3-2-4-6-14/h2-6,12-13H,7-11H2,1H3,(H,16,17). The molecule has 0 aliphatic heterocycles. The molecule has 0 aromatic heterocycles. The van der Waals surface area contributed by atoms with Gasteiger partial charge >= 0.3 is 0 Å². The van der Waals surface area contributed by atoms with E-state index in [-0.39, 0.29) is 5.41 Å². The summed E-state index contributed by atoms with van der Waals surface area (Å²) in [7, 11) is 0. The molecule has 0 bridgehead atoms. The fourth-order valence-electron chi connectivity index (χ4n) is 2.91. The molecule has 0 heterocycles. The molecule has 1 fully saturated rings. The molecule has 1 N–H and O–H groups in total. The summed E-state index contributed by atoms with van der Waals surface area (Å²) < 4.78 is 0. The summed E-state index contributed by atoms with van der Waals surface area (Å²) in [5, 5.41) is 2.89. The highest BCUT2D eigenvalue weighted by Gasteiger charge is 2.35. The summed E-state index contributed by atoms with van der Waals surface area (Å²) in [6, 6.07) is 10.6. The first kappa shape index (κ1) is 12.2. The number of carbonyl (C=O) groups is 1. The fraction of sp³-hybridized carbons (Fsp3) is 0.533. The van der Waals surface area contributed by atoms with Crippen molar-refractivity contribution < 1.29 is 4.79 Å². The van der Waals surface area contributed by atoms with Gasteiger partial charge in [-0.15, -0.1) is 0 Å². The van der Waals surface area contributed by atoms with Crippen LogP contribution in [0.4, 0.5) is 0 Å². The van der Waals surface area contributed by atoms with Gasteiger partial charge < -0.3 is 5.32 Å². The Hall–Kier alpha value is -1.31. The lowest BCUT2D eigenvalue weighted by Gasteiger charge is -2.39. The van der Waals surface area contributed by atoms with E-state index in [2.05, 4.69) is 42.6 Å². The molecule has 1 amide bonds. The molecule has 1 aliphatic carbocycles. The van der Waals surface area contributed by atoms with E-state index in [9.17, 15) is 4.79 Å². The third-order valence-electron chi connectivity index (χ3n) is 4.14. The predicted octanol–water partition coefficient (Wildman–Crippen LogP) is 2.88. The maximum atomic E-state index is 10.6. The molecule has 17 heavy (non-hydrogen) atoms. The quantitative estimate of drug-likeness (QED) is 0.793. The molecule has 0 radical (unpaired) electrons. The second-order valence-electron chi connectivity index (χ2n) is 5.33. The second kappa shape index (κ2) is 5.35. The maximum absolute atomic E-state index is 10.6. The zero-order chi connectivity index (χ0) is 12.1. The summed E-state index contributed by atoms with van der Waals surface area (Å²) in [5.74, 6) is 0.822. The molecule has 1 aromatic rings. The highest BCUT2D eigenvalue weighted by atomic mass is 16.1. The number of rotatable bonds is 4. The molecule has 2 rings (SSSR count). The molecule has 2 nitrogen and oxygen atoms in total. The van der Waals surface area contributed by atoms with Crippen LogP contribution in [0, 0.1) is 5.92 Å². The Bertz CT molecular complexity index is 352. The van der Waals surface area contributed by atoms with Gasteiger partial charge in [-0.3, -0.25) is 4.79 Å². The average Bonchev–Trinajstić information content (AvgIpc) is 2.40. The van der Waals surface area contributed by atoms with Crippen molar-refractivity contribution in [3.05, 3.63) is 35.9 Å². The molecule has 0 spiro atoms. The minimum atomic E-state index is 0.161. The molecular weight excluding hydrogens is 210 g/mol. The first-order valence-corrected chi connectivity index (χ1v) is 6.49. The predicted molar refractivity (Wildman–Crippen MR) is 69.8 cm³/mol. The molecule has 0 atom stereocenters. The highest BCUT2D eigenvalue weighted by molar-refractivity contribution is 5.46. The molecule has 1 saturated carbocycles. The lowest BCUT2D eigenvalue weighted by atomic mass is 9.67. The average molecular weight is 231 g/mol. The van der Waals surface area contributed by atoms with Gasteiger partial charge in [0.15, 0.2) is 0 Å². The Kier molecular flexibility index (Phi) is 3.82. The van der Waals surface area contributed by atoms with E-state index in [1.54, 1.807) is 0 Å². The first-order chi connectivity index (χ1) is 8.27. The zero-order valence-corrected chi connectivity index (χ0v) is 10.5. The molecule has 1 aliphatic rings. The number of benzene rings is 1. The fourth-order valence-corrected chi connectivity index (χ4v) is 2.91. The van der Waals surface area contributed by atoms with Crippen molar-refractivity contribution in [3.63, 3.8) is 0 Å². The minimum Gasteiger partial charge on any atom is -0.358 e. The van der Waals surface area contributed by atoms with E-state index in [1.807, 2.05) is 0 Å². The molecule has 1 aromatic carbocycles. The van der Waals surface area contributed by atoms with E-state index < -0.39 is 0 Å². The molecule has 92 valence electrons. The monoisotopic (exact) mass is 231 g/mol. The van der Waals surface area contributed by atoms with Crippen LogP contribution in [-0.2, 0) is 10.2 Å². The largest absolute Gasteiger partial charge is 0.358 e. The second-order valence-corrected chi connectivity index (χ2v) is 5.33. The minimum absolute atomic E-state index is 0.161. The van der Waals surface area contributed by atoms with Gasteiger partial charge in [0.1, 0.15) is 0 Å². The van der Waals surface area contributed by atoms with E-state index >= 15 is 0 Å². The summed E-state index contributed by atoms with van der Waals surface area (Å²) in [5.41, 5.74) is 1.54. The summed E-state index contributed by atoms with van der Waals surface area (Å²) in [4.78, 5) is 10.6. The lowest BCUT2D eigenvalue weighted by molar-refractivity contribution is -0.109. The van der Waals surface area contributed by atoms with Gasteiger partial charge in [-0.05, 0) is 37.2 Å². The van der Waals surface area contributed by atoms with Crippen molar-refractivity contribution >= 4 is 6.41 Å². The van der Waals surface area contributed by atoms with Crippen LogP contribution in [0.2, 0.25) is 0 Å². The van der Waals surface area contributed by atoms with E-state index in [0.717, 1.165) is 18.9 Å². The topological polar surface area (TPSA) is 29.1 Å². The van der Waals surface area contributed by atoms with E-state index in [4.69, 9.17) is 0 Å². The first-order valence-electron chi connectivity index (χ1n) is 6.49. The molecule has 0 unspecified atom stereocenters. The van der Waals surface area contributed by atoms with Crippen molar-refractivity contribution in [1.82, 2.24) is 5.32 Å². The van der Waals surface area contributed by atoms with Crippen LogP contribution in [0.3, 0.4) is 0 Å². The van der Waals surface area contributed by atoms with Crippen molar-refractivity contribution in [2.45, 2.75) is 38.0 Å². The number of hydrogen-bond donors (Lipinski definition) is 1. The van der Waals surface area contributed by atoms with Crippen molar-refractivity contribution in [2.75, 3.05) is 6.54 Å². The van der Waals surface area contributed by atoms with E-state index in [0.29, 0.717) is 0 Å². The van der Waals surface area contributed by atoms with Gasteiger partial charge in [0.25, 0.3) is 0 Å². The number of hydrogen-bond acceptors (Lipinski definition) is 1. The van der Waals surface area contributed by atoms with Crippen LogP contribution >= 0.6 is 0 Å². The SMILES string of the molecule is CC1CCC(CNC=O)(c2ccccc2)CC1. The smallest absolute Gasteiger partial charge is 0.207 e. The molecule has 2 heteroatoms. The van der Waals surface area contributed by atoms with Crippen LogP contribution in [0.25, 0.3) is 0 Å². The van der Waals surface area contributed by atoms with Crippen molar-refractivity contribution in [1.29, 1.82) is 0 Å². The summed E-state index contributed by atoms with van der Waals surface area (Å²) in [6.45, 7) is 3.09. The summed E-state index contributed by atoms with van der Waals surface area (Å²) >= 11 is 0. The summed E-state index contributed by atoms with van der Waals surface area (Å²) in [6.07, 6.45) is 5.70. The Morgan fingerprint density at radius 1 is 1.29 bits per heavy atom. The number of amides is 1. The maximum Gasteiger partial charge on any atom is 0.207 e. The van der Waals surface area contributed by atoms with Crippen LogP contribution in [0.1, 0.15) is 38.2 Å². The lowest BCUT2D eigenvalue weighted by Crippen LogP contribution is -2.40. The molecular formula is C15H21NO. The van der Waals surface area contributed by atoms with Gasteiger partial charge in [0.05, 0.1) is 0 Å². The van der Waals surface area contributed by atoms with Crippen LogP contribution in [-0.4, -0.2) is 13.0 Å². The van der Waals surface area contributed by atoms with Gasteiger partial charge in [-0.2, -0.15) is 0 Å². The van der Waals surface area contributed by atoms with Crippen LogP contribution in [0.5, 0.6) is 0 Å². The molecule has 0 saturated heterocycles. The van der Waals surface area contributed by atoms with Crippen LogP contribution < -0.4 is 5.32 Å². The van der Waals surface area contributed by atoms with Gasteiger partial charge in [0, 0.05) is 12.0 Å². The van der Waals surface area contributed by atoms with Crippen LogP contribution in [0.15, 0.2) is 30.3 Å². The number of carbonyl (C=O) groups excluding carboxylic acids is 1. The van der Waals surface area contributed by atoms with Gasteiger partial charge in [-0.25, -0.2) is 0 Å². The Labute approximate surface area is 103 Å². The third-order valence-corrected chi connectivity index (χ3v) is 4.14. The van der Waals surface area contributed by atoms with Gasteiger partial charge in [-0.1, -0.05) is 37.3 Å². The van der Waals surface area contributed by atoms with E-state index in [1.165, 1.54) is 31.2 Å². The zero-order valence-electron chi connectivity index (χ0n) is 10.5. The Balaban J connectivity index is 2.21.